The first kappa shape index (κ1) is 30.9. The summed E-state index contributed by atoms with van der Waals surface area (Å²) in [6.07, 6.45) is 10.1. The summed E-state index contributed by atoms with van der Waals surface area (Å²) in [5, 5.41) is 12.2. The molecule has 3 amide bonds. The Morgan fingerprint density at radius 3 is 2.53 bits per heavy atom. The van der Waals surface area contributed by atoms with Crippen LogP contribution in [0.4, 0.5) is 0 Å². The van der Waals surface area contributed by atoms with Crippen molar-refractivity contribution in [3.05, 3.63) is 60.2 Å². The zero-order chi connectivity index (χ0) is 30.6. The average molecular weight is 594 g/mol. The Morgan fingerprint density at radius 2 is 1.79 bits per heavy atom. The van der Waals surface area contributed by atoms with Crippen molar-refractivity contribution in [2.75, 3.05) is 26.3 Å². The molecule has 10 nitrogen and oxygen atoms in total. The van der Waals surface area contributed by atoms with Crippen molar-refractivity contribution in [1.82, 2.24) is 15.1 Å². The molecule has 0 saturated carbocycles. The Hall–Kier alpha value is -3.50. The summed E-state index contributed by atoms with van der Waals surface area (Å²) in [6.45, 7) is 4.72. The summed E-state index contributed by atoms with van der Waals surface area (Å²) in [6, 6.07) is 7.69. The molecule has 0 unspecified atom stereocenters. The quantitative estimate of drug-likeness (QED) is 0.270. The van der Waals surface area contributed by atoms with Crippen LogP contribution < -0.4 is 5.32 Å². The molecule has 4 aliphatic heterocycles. The molecular weight excluding hydrogens is 550 g/mol. The number of benzene rings is 1. The van der Waals surface area contributed by atoms with Crippen molar-refractivity contribution >= 4 is 23.7 Å². The van der Waals surface area contributed by atoms with Crippen LogP contribution in [-0.2, 0) is 28.7 Å². The summed E-state index contributed by atoms with van der Waals surface area (Å²) < 4.78 is 12.3. The number of nitrogens with zero attached hydrogens (tertiary/aromatic N) is 2. The number of unbranched alkanes of at least 4 members (excludes halogenated alkanes) is 3. The van der Waals surface area contributed by atoms with Gasteiger partial charge in [0.05, 0.1) is 24.0 Å². The molecule has 2 fully saturated rings. The Labute approximate surface area is 253 Å². The molecule has 2 saturated heterocycles. The summed E-state index contributed by atoms with van der Waals surface area (Å²) in [7, 11) is 0. The smallest absolute Gasteiger partial charge is 0.306 e. The highest BCUT2D eigenvalue weighted by Crippen LogP contribution is 2.53. The Morgan fingerprint density at radius 1 is 1.02 bits per heavy atom. The number of hydrogen-bond donors (Lipinski definition) is 2. The SMILES string of the molecule is CC(C)N1CC=C[C@@]23O[C@H]4/C=C\CCC(=O)OC[C@H](c5ccccc5)NC(=O)[C@H]4[C@@H]2C(=O)N(CCCCCCO)[C@H]3C1=O. The molecule has 1 spiro atoms. The van der Waals surface area contributed by atoms with Crippen molar-refractivity contribution in [3.63, 3.8) is 0 Å². The van der Waals surface area contributed by atoms with Gasteiger partial charge in [-0.25, -0.2) is 0 Å². The van der Waals surface area contributed by atoms with Crippen molar-refractivity contribution in [2.45, 2.75) is 82.2 Å². The highest BCUT2D eigenvalue weighted by atomic mass is 16.5. The topological polar surface area (TPSA) is 125 Å². The van der Waals surface area contributed by atoms with Gasteiger partial charge in [-0.05, 0) is 38.7 Å². The summed E-state index contributed by atoms with van der Waals surface area (Å²) in [5.41, 5.74) is -0.534. The lowest BCUT2D eigenvalue weighted by atomic mass is 9.77. The van der Waals surface area contributed by atoms with Gasteiger partial charge in [0.2, 0.25) is 17.7 Å². The van der Waals surface area contributed by atoms with E-state index in [4.69, 9.17) is 9.47 Å². The lowest BCUT2D eigenvalue weighted by Crippen LogP contribution is -2.56. The maximum atomic E-state index is 14.4. The number of carbonyl (C=O) groups is 4. The van der Waals surface area contributed by atoms with Crippen LogP contribution in [0.1, 0.15) is 64.0 Å². The van der Waals surface area contributed by atoms with Gasteiger partial charge in [0.1, 0.15) is 18.2 Å². The molecule has 0 aromatic heterocycles. The van der Waals surface area contributed by atoms with E-state index in [0.29, 0.717) is 32.4 Å². The van der Waals surface area contributed by atoms with Gasteiger partial charge in [-0.3, -0.25) is 19.2 Å². The van der Waals surface area contributed by atoms with E-state index in [1.165, 1.54) is 0 Å². The number of fused-ring (bicyclic) bond motifs is 2. The monoisotopic (exact) mass is 593 g/mol. The lowest BCUT2D eigenvalue weighted by molar-refractivity contribution is -0.149. The van der Waals surface area contributed by atoms with E-state index in [1.54, 1.807) is 22.0 Å². The molecule has 232 valence electrons. The second-order valence-electron chi connectivity index (χ2n) is 12.1. The van der Waals surface area contributed by atoms with Gasteiger partial charge >= 0.3 is 5.97 Å². The zero-order valence-electron chi connectivity index (χ0n) is 25.0. The Kier molecular flexibility index (Phi) is 9.66. The van der Waals surface area contributed by atoms with E-state index >= 15 is 0 Å². The molecule has 4 aliphatic rings. The number of cyclic esters (lactones) is 1. The van der Waals surface area contributed by atoms with Crippen molar-refractivity contribution in [3.8, 4) is 0 Å². The zero-order valence-corrected chi connectivity index (χ0v) is 25.0. The van der Waals surface area contributed by atoms with Crippen LogP contribution in [0.3, 0.4) is 0 Å². The molecule has 0 radical (unpaired) electrons. The van der Waals surface area contributed by atoms with Gasteiger partial charge in [-0.1, -0.05) is 67.5 Å². The minimum Gasteiger partial charge on any atom is -0.463 e. The second-order valence-corrected chi connectivity index (χ2v) is 12.1. The van der Waals surface area contributed by atoms with Gasteiger partial charge in [-0.2, -0.15) is 0 Å². The van der Waals surface area contributed by atoms with Crippen molar-refractivity contribution in [1.29, 1.82) is 0 Å². The summed E-state index contributed by atoms with van der Waals surface area (Å²) in [4.78, 5) is 58.6. The van der Waals surface area contributed by atoms with Crippen LogP contribution in [0.2, 0.25) is 0 Å². The minimum absolute atomic E-state index is 0.0371. The van der Waals surface area contributed by atoms with E-state index < -0.39 is 35.6 Å². The predicted octanol–water partition coefficient (Wildman–Crippen LogP) is 2.68. The molecule has 1 aromatic rings. The first-order valence-electron chi connectivity index (χ1n) is 15.5. The number of ether oxygens (including phenoxy) is 2. The Bertz CT molecular complexity index is 1250. The number of carbonyl (C=O) groups excluding carboxylic acids is 4. The molecular formula is C33H43N3O7. The summed E-state index contributed by atoms with van der Waals surface area (Å²) in [5.74, 6) is -3.00. The van der Waals surface area contributed by atoms with E-state index in [0.717, 1.165) is 18.4 Å². The largest absolute Gasteiger partial charge is 0.463 e. The number of esters is 1. The molecule has 10 heteroatoms. The fourth-order valence-electron chi connectivity index (χ4n) is 6.91. The Balaban J connectivity index is 1.53. The number of likely N-dealkylation sites (tertiary alicyclic amines) is 1. The molecule has 5 rings (SSSR count). The third-order valence-electron chi connectivity index (χ3n) is 9.03. The molecule has 0 aliphatic carbocycles. The molecule has 1 aromatic carbocycles. The van der Waals surface area contributed by atoms with Crippen LogP contribution in [-0.4, -0.2) is 88.7 Å². The number of aliphatic hydroxyl groups excluding tert-OH is 1. The second kappa shape index (κ2) is 13.4. The summed E-state index contributed by atoms with van der Waals surface area (Å²) >= 11 is 0. The van der Waals surface area contributed by atoms with Gasteiger partial charge in [0.15, 0.2) is 0 Å². The van der Waals surface area contributed by atoms with E-state index in [-0.39, 0.29) is 49.4 Å². The maximum absolute atomic E-state index is 14.4. The third-order valence-corrected chi connectivity index (χ3v) is 9.03. The lowest BCUT2D eigenvalue weighted by Gasteiger charge is -2.36. The van der Waals surface area contributed by atoms with Crippen molar-refractivity contribution in [2.24, 2.45) is 11.8 Å². The number of aliphatic hydroxyl groups is 1. The van der Waals surface area contributed by atoms with Crippen LogP contribution in [0.5, 0.6) is 0 Å². The average Bonchev–Trinajstić information content (AvgIpc) is 3.37. The van der Waals surface area contributed by atoms with Crippen LogP contribution >= 0.6 is 0 Å². The van der Waals surface area contributed by atoms with Gasteiger partial charge in [0.25, 0.3) is 0 Å². The number of allylic oxidation sites excluding steroid dienone is 1. The van der Waals surface area contributed by atoms with E-state index in [2.05, 4.69) is 5.32 Å². The first-order chi connectivity index (χ1) is 20.8. The fraction of sp³-hybridized carbons (Fsp3) is 0.576. The normalized spacial score (nSPS) is 31.9. The number of amides is 3. The standard InChI is InChI=1S/C33H43N3O7/c1-22(2)35-19-12-17-33-28(31(40)36(29(33)32(35)41)18-10-3-4-11-20-37)27-25(43-33)15-8-9-16-26(38)42-21-24(34-30(27)39)23-13-6-5-7-14-23/h5-8,12-15,17,22,24-25,27-29,37H,3-4,9-11,16,18-21H2,1-2H3,(H,34,39)/b15-8-/t24-,25+,27-,28-,29+,33-/m1/s1. The van der Waals surface area contributed by atoms with E-state index in [9.17, 15) is 24.3 Å². The van der Waals surface area contributed by atoms with Gasteiger partial charge in [-0.15, -0.1) is 0 Å². The highest BCUT2D eigenvalue weighted by Gasteiger charge is 2.71. The first-order valence-corrected chi connectivity index (χ1v) is 15.5. The predicted molar refractivity (Wildman–Crippen MR) is 158 cm³/mol. The van der Waals surface area contributed by atoms with Crippen LogP contribution in [0, 0.1) is 11.8 Å². The van der Waals surface area contributed by atoms with Gasteiger partial charge in [0, 0.05) is 32.2 Å². The maximum Gasteiger partial charge on any atom is 0.306 e. The minimum atomic E-state index is -1.31. The number of hydrogen-bond acceptors (Lipinski definition) is 7. The van der Waals surface area contributed by atoms with E-state index in [1.807, 2.05) is 56.3 Å². The van der Waals surface area contributed by atoms with Gasteiger partial charge < -0.3 is 29.7 Å². The molecule has 43 heavy (non-hydrogen) atoms. The van der Waals surface area contributed by atoms with Crippen LogP contribution in [0.25, 0.3) is 0 Å². The highest BCUT2D eigenvalue weighted by molar-refractivity contribution is 5.99. The molecule has 4 heterocycles. The molecule has 0 bridgehead atoms. The van der Waals surface area contributed by atoms with Crippen molar-refractivity contribution < 1.29 is 33.8 Å². The number of rotatable bonds is 8. The van der Waals surface area contributed by atoms with Crippen LogP contribution in [0.15, 0.2) is 54.6 Å². The molecule has 2 N–H and O–H groups in total. The fourth-order valence-corrected chi connectivity index (χ4v) is 6.91. The number of nitrogens with one attached hydrogen (secondary N) is 1. The molecule has 6 atom stereocenters. The third kappa shape index (κ3) is 6.13.